The van der Waals surface area contributed by atoms with Gasteiger partial charge in [0.1, 0.15) is 18.3 Å². The van der Waals surface area contributed by atoms with Crippen molar-refractivity contribution in [1.82, 2.24) is 29.5 Å². The van der Waals surface area contributed by atoms with Gasteiger partial charge < -0.3 is 4.90 Å². The van der Waals surface area contributed by atoms with E-state index in [9.17, 15) is 14.9 Å². The van der Waals surface area contributed by atoms with Crippen LogP contribution in [-0.4, -0.2) is 66.6 Å². The van der Waals surface area contributed by atoms with Gasteiger partial charge >= 0.3 is 0 Å². The first kappa shape index (κ1) is 18.7. The van der Waals surface area contributed by atoms with Gasteiger partial charge in [0.25, 0.3) is 11.6 Å². The fraction of sp³-hybridized carbons (Fsp3) is 0.263. The monoisotopic (exact) mass is 393 g/mol. The number of hydrogen-bond donors (Lipinski definition) is 0. The van der Waals surface area contributed by atoms with Gasteiger partial charge in [-0.3, -0.25) is 24.8 Å². The van der Waals surface area contributed by atoms with Gasteiger partial charge in [0.2, 0.25) is 0 Å². The Kier molecular flexibility index (Phi) is 5.25. The Morgan fingerprint density at radius 1 is 1.14 bits per heavy atom. The van der Waals surface area contributed by atoms with Crippen molar-refractivity contribution in [1.29, 1.82) is 0 Å². The Balaban J connectivity index is 1.45. The van der Waals surface area contributed by atoms with E-state index >= 15 is 0 Å². The summed E-state index contributed by atoms with van der Waals surface area (Å²) in [4.78, 5) is 36.0. The average Bonchev–Trinajstić information content (AvgIpc) is 3.29. The topological polar surface area (TPSA) is 110 Å². The molecule has 3 heterocycles. The van der Waals surface area contributed by atoms with Crippen LogP contribution in [0.25, 0.3) is 5.69 Å². The highest BCUT2D eigenvalue weighted by Gasteiger charge is 2.25. The number of nitro groups is 1. The maximum Gasteiger partial charge on any atom is 0.295 e. The lowest BCUT2D eigenvalue weighted by molar-refractivity contribution is -0.384. The standard InChI is InChI=1S/C19H19N7O3/c27-19(24-9-7-23(8-10-24)12-16-3-1-2-6-21-16)15-4-5-17(18(11-15)26(28)29)25-14-20-13-22-25/h1-6,11,13-14H,7-10,12H2. The molecular formula is C19H19N7O3. The number of nitrogens with zero attached hydrogens (tertiary/aromatic N) is 7. The molecule has 1 aliphatic heterocycles. The molecule has 1 fully saturated rings. The van der Waals surface area contributed by atoms with Crippen LogP contribution in [-0.2, 0) is 6.54 Å². The van der Waals surface area contributed by atoms with Gasteiger partial charge in [0, 0.05) is 50.6 Å². The third kappa shape index (κ3) is 4.11. The van der Waals surface area contributed by atoms with Gasteiger partial charge in [-0.15, -0.1) is 0 Å². The molecule has 0 N–H and O–H groups in total. The van der Waals surface area contributed by atoms with E-state index in [0.29, 0.717) is 18.7 Å². The Morgan fingerprint density at radius 3 is 2.62 bits per heavy atom. The maximum atomic E-state index is 12.9. The molecule has 0 atom stereocenters. The Bertz CT molecular complexity index is 1000. The average molecular weight is 393 g/mol. The molecule has 2 aromatic heterocycles. The molecule has 10 heteroatoms. The molecule has 10 nitrogen and oxygen atoms in total. The summed E-state index contributed by atoms with van der Waals surface area (Å²) >= 11 is 0. The van der Waals surface area contributed by atoms with Crippen LogP contribution < -0.4 is 0 Å². The molecule has 1 aromatic carbocycles. The predicted molar refractivity (Wildman–Crippen MR) is 103 cm³/mol. The highest BCUT2D eigenvalue weighted by atomic mass is 16.6. The lowest BCUT2D eigenvalue weighted by Crippen LogP contribution is -2.48. The molecule has 3 aromatic rings. The fourth-order valence-electron chi connectivity index (χ4n) is 3.34. The Hall–Kier alpha value is -3.66. The summed E-state index contributed by atoms with van der Waals surface area (Å²) in [5.74, 6) is -0.212. The van der Waals surface area contributed by atoms with E-state index in [1.165, 1.54) is 29.5 Å². The van der Waals surface area contributed by atoms with Crippen LogP contribution >= 0.6 is 0 Å². The van der Waals surface area contributed by atoms with Crippen molar-refractivity contribution < 1.29 is 9.72 Å². The van der Waals surface area contributed by atoms with Crippen LogP contribution in [0.3, 0.4) is 0 Å². The molecule has 1 amide bonds. The summed E-state index contributed by atoms with van der Waals surface area (Å²) in [6, 6.07) is 10.2. The smallest absolute Gasteiger partial charge is 0.295 e. The van der Waals surface area contributed by atoms with E-state index in [-0.39, 0.29) is 17.3 Å². The van der Waals surface area contributed by atoms with Crippen molar-refractivity contribution in [2.45, 2.75) is 6.54 Å². The summed E-state index contributed by atoms with van der Waals surface area (Å²) in [6.07, 6.45) is 4.45. The first-order valence-corrected chi connectivity index (χ1v) is 9.17. The van der Waals surface area contributed by atoms with Crippen molar-refractivity contribution in [2.24, 2.45) is 0 Å². The normalized spacial score (nSPS) is 14.7. The number of carbonyl (C=O) groups excluding carboxylic acids is 1. The number of nitro benzene ring substituents is 1. The van der Waals surface area contributed by atoms with Gasteiger partial charge in [-0.05, 0) is 24.3 Å². The number of aromatic nitrogens is 4. The zero-order valence-corrected chi connectivity index (χ0v) is 15.6. The predicted octanol–water partition coefficient (Wildman–Crippen LogP) is 1.53. The van der Waals surface area contributed by atoms with Crippen LogP contribution in [0.2, 0.25) is 0 Å². The number of hydrogen-bond acceptors (Lipinski definition) is 7. The van der Waals surface area contributed by atoms with Crippen LogP contribution in [0.15, 0.2) is 55.2 Å². The summed E-state index contributed by atoms with van der Waals surface area (Å²) < 4.78 is 1.31. The second kappa shape index (κ2) is 8.15. The summed E-state index contributed by atoms with van der Waals surface area (Å²) in [5, 5.41) is 15.4. The molecule has 1 aliphatic rings. The molecule has 0 aliphatic carbocycles. The number of carbonyl (C=O) groups is 1. The largest absolute Gasteiger partial charge is 0.336 e. The molecule has 29 heavy (non-hydrogen) atoms. The lowest BCUT2D eigenvalue weighted by Gasteiger charge is -2.34. The Morgan fingerprint density at radius 2 is 1.97 bits per heavy atom. The highest BCUT2D eigenvalue weighted by Crippen LogP contribution is 2.24. The fourth-order valence-corrected chi connectivity index (χ4v) is 3.34. The second-order valence-corrected chi connectivity index (χ2v) is 6.69. The minimum Gasteiger partial charge on any atom is -0.336 e. The summed E-state index contributed by atoms with van der Waals surface area (Å²) in [5.41, 5.74) is 1.37. The van der Waals surface area contributed by atoms with Crippen molar-refractivity contribution in [3.05, 3.63) is 76.6 Å². The van der Waals surface area contributed by atoms with Gasteiger partial charge in [-0.1, -0.05) is 6.07 Å². The van der Waals surface area contributed by atoms with Gasteiger partial charge in [0.05, 0.1) is 10.6 Å². The van der Waals surface area contributed by atoms with Crippen LogP contribution in [0, 0.1) is 10.1 Å². The number of piperazine rings is 1. The van der Waals surface area contributed by atoms with Crippen molar-refractivity contribution in [2.75, 3.05) is 26.2 Å². The molecule has 0 radical (unpaired) electrons. The summed E-state index contributed by atoms with van der Waals surface area (Å²) in [7, 11) is 0. The van der Waals surface area contributed by atoms with Gasteiger partial charge in [-0.2, -0.15) is 5.10 Å². The molecule has 0 saturated carbocycles. The molecule has 4 rings (SSSR count). The zero-order valence-electron chi connectivity index (χ0n) is 15.6. The van der Waals surface area contributed by atoms with Crippen LogP contribution in [0.5, 0.6) is 0 Å². The quantitative estimate of drug-likeness (QED) is 0.477. The highest BCUT2D eigenvalue weighted by molar-refractivity contribution is 5.95. The minimum absolute atomic E-state index is 0.185. The Labute approximate surface area is 166 Å². The molecule has 1 saturated heterocycles. The number of pyridine rings is 1. The second-order valence-electron chi connectivity index (χ2n) is 6.69. The lowest BCUT2D eigenvalue weighted by atomic mass is 10.1. The van der Waals surface area contributed by atoms with E-state index in [4.69, 9.17) is 0 Å². The van der Waals surface area contributed by atoms with Crippen molar-refractivity contribution >= 4 is 11.6 Å². The molecule has 148 valence electrons. The SMILES string of the molecule is O=C(c1ccc(-n2cncn2)c([N+](=O)[O-])c1)N1CCN(Cc2ccccn2)CC1. The third-order valence-electron chi connectivity index (χ3n) is 4.86. The van der Waals surface area contributed by atoms with Crippen molar-refractivity contribution in [3.8, 4) is 5.69 Å². The van der Waals surface area contributed by atoms with Crippen LogP contribution in [0.4, 0.5) is 5.69 Å². The number of amides is 1. The molecule has 0 bridgehead atoms. The van der Waals surface area contributed by atoms with Crippen LogP contribution in [0.1, 0.15) is 16.1 Å². The van der Waals surface area contributed by atoms with E-state index in [1.54, 1.807) is 17.2 Å². The van der Waals surface area contributed by atoms with E-state index < -0.39 is 4.92 Å². The van der Waals surface area contributed by atoms with E-state index in [1.807, 2.05) is 18.2 Å². The first-order valence-electron chi connectivity index (χ1n) is 9.17. The first-order chi connectivity index (χ1) is 14.1. The number of benzene rings is 1. The maximum absolute atomic E-state index is 12.9. The molecule has 0 unspecified atom stereocenters. The van der Waals surface area contributed by atoms with Gasteiger partial charge in [0.15, 0.2) is 0 Å². The third-order valence-corrected chi connectivity index (χ3v) is 4.86. The summed E-state index contributed by atoms with van der Waals surface area (Å²) in [6.45, 7) is 3.30. The molecule has 0 spiro atoms. The van der Waals surface area contributed by atoms with Crippen molar-refractivity contribution in [3.63, 3.8) is 0 Å². The minimum atomic E-state index is -0.515. The number of rotatable bonds is 5. The molecular weight excluding hydrogens is 374 g/mol. The van der Waals surface area contributed by atoms with E-state index in [0.717, 1.165) is 25.3 Å². The van der Waals surface area contributed by atoms with Gasteiger partial charge in [-0.25, -0.2) is 9.67 Å². The zero-order chi connectivity index (χ0) is 20.2. The van der Waals surface area contributed by atoms with E-state index in [2.05, 4.69) is 20.0 Å².